The number of hydrogen-bond donors (Lipinski definition) is 4. The number of ether oxygens (including phenoxy) is 3. The standard InChI is InChI=1S/C39H66N2O8/c1-12-30(43)27(5)35-31(47-35)20-24(2)14-13-15-25(3)34-26(4)16-17-32(39(10,46)19-18-29(42)21-33(44)49-34)48-36(45)40-28-22-37(6,7)41(11)38(8,9)23-28/h13-17,24,26-32,34-35,42-43,46H,12,18-23H2,1-11H3,(H,40,45)/b14-13+,17-16-,25-15+. The second kappa shape index (κ2) is 16.9. The summed E-state index contributed by atoms with van der Waals surface area (Å²) >= 11 is 0. The van der Waals surface area contributed by atoms with Crippen molar-refractivity contribution in [3.63, 3.8) is 0 Å². The van der Waals surface area contributed by atoms with Gasteiger partial charge in [0.25, 0.3) is 0 Å². The second-order valence-corrected chi connectivity index (χ2v) is 16.7. The fraction of sp³-hybridized carbons (Fsp3) is 0.795. The number of likely N-dealkylation sites (tertiary alicyclic amines) is 1. The molecule has 280 valence electrons. The Balaban J connectivity index is 1.73. The highest BCUT2D eigenvalue weighted by molar-refractivity contribution is 5.70. The summed E-state index contributed by atoms with van der Waals surface area (Å²) < 4.78 is 17.7. The van der Waals surface area contributed by atoms with Crippen molar-refractivity contribution in [2.24, 2.45) is 17.8 Å². The van der Waals surface area contributed by atoms with Crippen LogP contribution in [-0.2, 0) is 19.0 Å². The largest absolute Gasteiger partial charge is 0.457 e. The van der Waals surface area contributed by atoms with Gasteiger partial charge in [0.05, 0.1) is 30.8 Å². The molecule has 0 bridgehead atoms. The maximum Gasteiger partial charge on any atom is 0.408 e. The number of nitrogens with one attached hydrogen (secondary N) is 1. The van der Waals surface area contributed by atoms with Crippen molar-refractivity contribution in [3.05, 3.63) is 36.0 Å². The minimum absolute atomic E-state index is 0.0925. The van der Waals surface area contributed by atoms with Gasteiger partial charge < -0.3 is 34.8 Å². The van der Waals surface area contributed by atoms with E-state index in [-0.39, 0.29) is 72.4 Å². The van der Waals surface area contributed by atoms with E-state index in [9.17, 15) is 24.9 Å². The fourth-order valence-corrected chi connectivity index (χ4v) is 7.58. The average Bonchev–Trinajstić information content (AvgIpc) is 3.76. The third-order valence-electron chi connectivity index (χ3n) is 11.2. The summed E-state index contributed by atoms with van der Waals surface area (Å²) in [4.78, 5) is 28.5. The van der Waals surface area contributed by atoms with E-state index >= 15 is 0 Å². The van der Waals surface area contributed by atoms with Gasteiger partial charge in [-0.1, -0.05) is 52.0 Å². The molecule has 10 heteroatoms. The van der Waals surface area contributed by atoms with E-state index < -0.39 is 36.0 Å². The van der Waals surface area contributed by atoms with Crippen LogP contribution in [0.15, 0.2) is 36.0 Å². The van der Waals surface area contributed by atoms with Gasteiger partial charge in [0.2, 0.25) is 0 Å². The maximum atomic E-state index is 13.3. The number of aliphatic hydroxyl groups is 3. The fourth-order valence-electron chi connectivity index (χ4n) is 7.58. The number of esters is 1. The third-order valence-corrected chi connectivity index (χ3v) is 11.2. The minimum Gasteiger partial charge on any atom is -0.457 e. The van der Waals surface area contributed by atoms with Gasteiger partial charge in [-0.3, -0.25) is 9.69 Å². The van der Waals surface area contributed by atoms with Gasteiger partial charge in [0.1, 0.15) is 11.7 Å². The summed E-state index contributed by atoms with van der Waals surface area (Å²) in [5, 5.41) is 35.4. The number of amides is 1. The first-order valence-corrected chi connectivity index (χ1v) is 18.3. The van der Waals surface area contributed by atoms with Crippen LogP contribution >= 0.6 is 0 Å². The monoisotopic (exact) mass is 690 g/mol. The Morgan fingerprint density at radius 3 is 2.41 bits per heavy atom. The summed E-state index contributed by atoms with van der Waals surface area (Å²) in [5.41, 5.74) is -0.920. The normalized spacial score (nSPS) is 35.7. The second-order valence-electron chi connectivity index (χ2n) is 16.7. The van der Waals surface area contributed by atoms with Crippen molar-refractivity contribution in [2.45, 2.75) is 174 Å². The molecule has 3 heterocycles. The van der Waals surface area contributed by atoms with Crippen LogP contribution in [0.2, 0.25) is 0 Å². The molecule has 0 aromatic heterocycles. The molecule has 4 N–H and O–H groups in total. The van der Waals surface area contributed by atoms with E-state index in [2.05, 4.69) is 58.0 Å². The lowest BCUT2D eigenvalue weighted by atomic mass is 9.77. The van der Waals surface area contributed by atoms with E-state index in [1.54, 1.807) is 13.0 Å². The molecule has 0 saturated carbocycles. The zero-order valence-electron chi connectivity index (χ0n) is 31.9. The van der Waals surface area contributed by atoms with E-state index in [4.69, 9.17) is 14.2 Å². The van der Waals surface area contributed by atoms with Crippen LogP contribution < -0.4 is 5.32 Å². The molecule has 10 unspecified atom stereocenters. The predicted molar refractivity (Wildman–Crippen MR) is 192 cm³/mol. The third kappa shape index (κ3) is 11.6. The Bertz CT molecular complexity index is 1190. The van der Waals surface area contributed by atoms with Crippen molar-refractivity contribution in [3.8, 4) is 0 Å². The Labute approximate surface area is 295 Å². The molecular weight excluding hydrogens is 624 g/mol. The summed E-state index contributed by atoms with van der Waals surface area (Å²) in [5.74, 6) is -0.483. The van der Waals surface area contributed by atoms with E-state index in [1.165, 1.54) is 0 Å². The lowest BCUT2D eigenvalue weighted by Crippen LogP contribution is -2.62. The van der Waals surface area contributed by atoms with Gasteiger partial charge in [0, 0.05) is 29.0 Å². The van der Waals surface area contributed by atoms with Gasteiger partial charge in [-0.25, -0.2) is 4.79 Å². The molecule has 2 fully saturated rings. The van der Waals surface area contributed by atoms with Crippen LogP contribution in [0.5, 0.6) is 0 Å². The predicted octanol–water partition coefficient (Wildman–Crippen LogP) is 5.84. The zero-order chi connectivity index (χ0) is 36.9. The average molecular weight is 691 g/mol. The molecule has 2 saturated heterocycles. The number of nitrogens with zero attached hydrogens (tertiary/aromatic N) is 1. The number of aliphatic hydroxyl groups excluding tert-OH is 2. The van der Waals surface area contributed by atoms with Gasteiger partial charge in [0.15, 0.2) is 6.10 Å². The van der Waals surface area contributed by atoms with Gasteiger partial charge in [-0.05, 0) is 105 Å². The van der Waals surface area contributed by atoms with Crippen LogP contribution in [0.1, 0.15) is 114 Å². The molecule has 0 radical (unpaired) electrons. The number of carbonyl (C=O) groups is 2. The Hall–Kier alpha value is -2.24. The minimum atomic E-state index is -1.49. The van der Waals surface area contributed by atoms with Crippen LogP contribution in [0.3, 0.4) is 0 Å². The molecule has 49 heavy (non-hydrogen) atoms. The Morgan fingerprint density at radius 2 is 1.80 bits per heavy atom. The number of allylic oxidation sites excluding steroid dienone is 3. The van der Waals surface area contributed by atoms with E-state index in [0.717, 1.165) is 24.8 Å². The zero-order valence-corrected chi connectivity index (χ0v) is 31.9. The van der Waals surface area contributed by atoms with Crippen LogP contribution in [0.4, 0.5) is 4.79 Å². The SMILES string of the molecule is CCC(O)C(C)C1OC1CC(C)/C=C/C=C(\C)C1OC(=O)CC(O)CCC(C)(O)C(OC(=O)NC2CC(C)(C)N(C)C(C)(C)C2)/C=C\C1C. The topological polar surface area (TPSA) is 141 Å². The first-order valence-electron chi connectivity index (χ1n) is 18.3. The molecule has 10 nitrogen and oxygen atoms in total. The number of epoxide rings is 1. The molecular formula is C39H66N2O8. The first-order chi connectivity index (χ1) is 22.7. The Morgan fingerprint density at radius 1 is 1.16 bits per heavy atom. The quantitative estimate of drug-likeness (QED) is 0.0964. The highest BCUT2D eigenvalue weighted by Crippen LogP contribution is 2.38. The lowest BCUT2D eigenvalue weighted by Gasteiger charge is -2.53. The van der Waals surface area contributed by atoms with Crippen LogP contribution in [-0.4, -0.2) is 98.7 Å². The first kappa shape index (κ1) is 41.2. The highest BCUT2D eigenvalue weighted by Gasteiger charge is 2.46. The van der Waals surface area contributed by atoms with Crippen molar-refractivity contribution in [1.82, 2.24) is 10.2 Å². The molecule has 1 amide bonds. The van der Waals surface area contributed by atoms with Gasteiger partial charge >= 0.3 is 12.1 Å². The highest BCUT2D eigenvalue weighted by atomic mass is 16.6. The van der Waals surface area contributed by atoms with Crippen molar-refractivity contribution < 1.29 is 39.1 Å². The van der Waals surface area contributed by atoms with Crippen molar-refractivity contribution >= 4 is 12.1 Å². The summed E-state index contributed by atoms with van der Waals surface area (Å²) in [6.45, 7) is 20.2. The number of piperidine rings is 1. The molecule has 0 aromatic carbocycles. The van der Waals surface area contributed by atoms with Crippen molar-refractivity contribution in [2.75, 3.05) is 7.05 Å². The summed E-state index contributed by atoms with van der Waals surface area (Å²) in [6, 6.07) is -0.0993. The molecule has 0 aliphatic carbocycles. The number of rotatable bonds is 10. The maximum absolute atomic E-state index is 13.3. The molecule has 0 spiro atoms. The number of hydrogen-bond acceptors (Lipinski definition) is 9. The van der Waals surface area contributed by atoms with E-state index in [0.29, 0.717) is 6.42 Å². The number of carbonyl (C=O) groups excluding carboxylic acids is 2. The van der Waals surface area contributed by atoms with Gasteiger partial charge in [-0.2, -0.15) is 0 Å². The van der Waals surface area contributed by atoms with Gasteiger partial charge in [-0.15, -0.1) is 0 Å². The summed E-state index contributed by atoms with van der Waals surface area (Å²) in [6.07, 6.45) is 9.23. The molecule has 3 aliphatic rings. The van der Waals surface area contributed by atoms with Crippen LogP contribution in [0.25, 0.3) is 0 Å². The number of alkyl carbamates (subject to hydrolysis) is 1. The van der Waals surface area contributed by atoms with Crippen molar-refractivity contribution in [1.29, 1.82) is 0 Å². The lowest BCUT2D eigenvalue weighted by molar-refractivity contribution is -0.151. The van der Waals surface area contributed by atoms with E-state index in [1.807, 2.05) is 45.9 Å². The van der Waals surface area contributed by atoms with Crippen LogP contribution in [0, 0.1) is 17.8 Å². The summed E-state index contributed by atoms with van der Waals surface area (Å²) in [7, 11) is 2.11. The molecule has 0 aromatic rings. The molecule has 3 aliphatic heterocycles. The molecule has 3 rings (SSSR count). The molecule has 10 atom stereocenters. The number of cyclic esters (lactones) is 1. The Kier molecular flexibility index (Phi) is 14.2. The smallest absolute Gasteiger partial charge is 0.408 e.